The number of aryl methyl sites for hydroxylation is 1. The van der Waals surface area contributed by atoms with E-state index in [9.17, 15) is 4.79 Å². The van der Waals surface area contributed by atoms with Crippen molar-refractivity contribution in [2.45, 2.75) is 39.7 Å². The van der Waals surface area contributed by atoms with Crippen LogP contribution in [0.2, 0.25) is 0 Å². The predicted octanol–water partition coefficient (Wildman–Crippen LogP) is 3.18. The monoisotopic (exact) mass is 282 g/mol. The Bertz CT molecular complexity index is 467. The van der Waals surface area contributed by atoms with Crippen molar-refractivity contribution in [3.8, 4) is 0 Å². The van der Waals surface area contributed by atoms with E-state index in [1.54, 1.807) is 0 Å². The fourth-order valence-electron chi connectivity index (χ4n) is 3.22. The highest BCUT2D eigenvalue weighted by molar-refractivity contribution is 6.30. The zero-order valence-electron chi connectivity index (χ0n) is 12.1. The molecule has 1 aromatic rings. The van der Waals surface area contributed by atoms with Crippen molar-refractivity contribution in [2.24, 2.45) is 0 Å². The Morgan fingerprint density at radius 1 is 1.47 bits per heavy atom. The molecule has 0 bridgehead atoms. The van der Waals surface area contributed by atoms with Crippen LogP contribution in [0.5, 0.6) is 0 Å². The van der Waals surface area contributed by atoms with Gasteiger partial charge in [-0.2, -0.15) is 0 Å². The fourth-order valence-corrected chi connectivity index (χ4v) is 3.37. The molecule has 0 saturated carbocycles. The number of likely N-dealkylation sites (N-methyl/N-ethyl adjacent to an activating group) is 1. The number of piperidine rings is 1. The van der Waals surface area contributed by atoms with E-state index >= 15 is 0 Å². The SMILES string of the molecule is CCN1CCCC(n2c(C)cc(C(=O)CCl)c2C)C1. The number of aromatic nitrogens is 1. The van der Waals surface area contributed by atoms with E-state index in [4.69, 9.17) is 11.6 Å². The number of halogens is 1. The van der Waals surface area contributed by atoms with Crippen molar-refractivity contribution >= 4 is 17.4 Å². The van der Waals surface area contributed by atoms with Crippen LogP contribution < -0.4 is 0 Å². The van der Waals surface area contributed by atoms with Gasteiger partial charge in [0.25, 0.3) is 0 Å². The van der Waals surface area contributed by atoms with E-state index in [1.807, 2.05) is 13.0 Å². The van der Waals surface area contributed by atoms with E-state index in [1.165, 1.54) is 25.1 Å². The van der Waals surface area contributed by atoms with E-state index in [0.717, 1.165) is 24.3 Å². The fraction of sp³-hybridized carbons (Fsp3) is 0.667. The molecule has 1 unspecified atom stereocenters. The molecule has 1 aliphatic heterocycles. The zero-order valence-corrected chi connectivity index (χ0v) is 12.8. The van der Waals surface area contributed by atoms with Gasteiger partial charge < -0.3 is 9.47 Å². The summed E-state index contributed by atoms with van der Waals surface area (Å²) in [4.78, 5) is 14.3. The summed E-state index contributed by atoms with van der Waals surface area (Å²) >= 11 is 5.68. The molecule has 1 fully saturated rings. The Balaban J connectivity index is 2.29. The van der Waals surface area contributed by atoms with Gasteiger partial charge in [-0.25, -0.2) is 0 Å². The lowest BCUT2D eigenvalue weighted by atomic mass is 10.0. The zero-order chi connectivity index (χ0) is 14.0. The van der Waals surface area contributed by atoms with Crippen LogP contribution in [0.1, 0.15) is 47.6 Å². The Morgan fingerprint density at radius 3 is 2.84 bits per heavy atom. The molecule has 2 heterocycles. The van der Waals surface area contributed by atoms with Gasteiger partial charge in [-0.3, -0.25) is 4.79 Å². The molecule has 2 rings (SSSR count). The lowest BCUT2D eigenvalue weighted by Crippen LogP contribution is -2.36. The van der Waals surface area contributed by atoms with Crippen LogP contribution in [0.3, 0.4) is 0 Å². The van der Waals surface area contributed by atoms with Crippen molar-refractivity contribution in [1.82, 2.24) is 9.47 Å². The molecule has 0 radical (unpaired) electrons. The van der Waals surface area contributed by atoms with Crippen molar-refractivity contribution in [2.75, 3.05) is 25.5 Å². The minimum Gasteiger partial charge on any atom is -0.344 e. The van der Waals surface area contributed by atoms with Gasteiger partial charge in [-0.15, -0.1) is 11.6 Å². The quantitative estimate of drug-likeness (QED) is 0.626. The summed E-state index contributed by atoms with van der Waals surface area (Å²) in [5.74, 6) is 0.0972. The van der Waals surface area contributed by atoms with Crippen LogP contribution in [0.4, 0.5) is 0 Å². The van der Waals surface area contributed by atoms with E-state index in [2.05, 4.69) is 23.3 Å². The van der Waals surface area contributed by atoms with Gasteiger partial charge in [0.2, 0.25) is 0 Å². The molecule has 0 aliphatic carbocycles. The summed E-state index contributed by atoms with van der Waals surface area (Å²) in [6.07, 6.45) is 2.43. The van der Waals surface area contributed by atoms with Gasteiger partial charge in [0.1, 0.15) is 0 Å². The summed E-state index contributed by atoms with van der Waals surface area (Å²) in [7, 11) is 0. The number of alkyl halides is 1. The second kappa shape index (κ2) is 6.10. The number of nitrogens with zero attached hydrogens (tertiary/aromatic N) is 2. The Kier molecular flexibility index (Phi) is 4.69. The van der Waals surface area contributed by atoms with Crippen molar-refractivity contribution < 1.29 is 4.79 Å². The Labute approximate surface area is 120 Å². The van der Waals surface area contributed by atoms with Gasteiger partial charge >= 0.3 is 0 Å². The summed E-state index contributed by atoms with van der Waals surface area (Å²) in [5.41, 5.74) is 3.04. The minimum atomic E-state index is 0.0316. The third-order valence-electron chi connectivity index (χ3n) is 4.20. The number of carbonyl (C=O) groups is 1. The molecule has 1 aliphatic rings. The molecule has 0 N–H and O–H groups in total. The van der Waals surface area contributed by atoms with Crippen LogP contribution in [-0.2, 0) is 0 Å². The number of hydrogen-bond acceptors (Lipinski definition) is 2. The van der Waals surface area contributed by atoms with Crippen LogP contribution in [0, 0.1) is 13.8 Å². The maximum absolute atomic E-state index is 11.8. The number of rotatable bonds is 4. The van der Waals surface area contributed by atoms with Gasteiger partial charge in [0, 0.05) is 29.5 Å². The third-order valence-corrected chi connectivity index (χ3v) is 4.44. The highest BCUT2D eigenvalue weighted by Crippen LogP contribution is 2.27. The summed E-state index contributed by atoms with van der Waals surface area (Å²) < 4.78 is 2.33. The molecule has 0 aromatic carbocycles. The van der Waals surface area contributed by atoms with Crippen molar-refractivity contribution in [3.63, 3.8) is 0 Å². The molecule has 19 heavy (non-hydrogen) atoms. The maximum atomic E-state index is 11.8. The van der Waals surface area contributed by atoms with Gasteiger partial charge in [-0.05, 0) is 45.8 Å². The van der Waals surface area contributed by atoms with Gasteiger partial charge in [-0.1, -0.05) is 6.92 Å². The van der Waals surface area contributed by atoms with Crippen molar-refractivity contribution in [3.05, 3.63) is 23.0 Å². The number of likely N-dealkylation sites (tertiary alicyclic amines) is 1. The first-order valence-electron chi connectivity index (χ1n) is 7.08. The third kappa shape index (κ3) is 2.87. The number of ketones is 1. The molecular weight excluding hydrogens is 260 g/mol. The first-order chi connectivity index (χ1) is 9.08. The number of Topliss-reactive ketones (excluding diaryl/α,β-unsaturated/α-hetero) is 1. The summed E-state index contributed by atoms with van der Waals surface area (Å²) in [6.45, 7) is 9.71. The van der Waals surface area contributed by atoms with Gasteiger partial charge in [0.15, 0.2) is 5.78 Å². The Morgan fingerprint density at radius 2 is 2.21 bits per heavy atom. The molecule has 0 spiro atoms. The smallest absolute Gasteiger partial charge is 0.179 e. The first-order valence-corrected chi connectivity index (χ1v) is 7.61. The summed E-state index contributed by atoms with van der Waals surface area (Å²) in [6, 6.07) is 2.48. The van der Waals surface area contributed by atoms with Gasteiger partial charge in [0.05, 0.1) is 5.88 Å². The average Bonchev–Trinajstić information content (AvgIpc) is 2.73. The largest absolute Gasteiger partial charge is 0.344 e. The van der Waals surface area contributed by atoms with E-state index < -0.39 is 0 Å². The molecule has 1 atom stereocenters. The second-order valence-electron chi connectivity index (χ2n) is 5.40. The molecule has 0 amide bonds. The second-order valence-corrected chi connectivity index (χ2v) is 5.67. The van der Waals surface area contributed by atoms with Crippen LogP contribution in [0.25, 0.3) is 0 Å². The lowest BCUT2D eigenvalue weighted by molar-refractivity contribution is 0.102. The number of hydrogen-bond donors (Lipinski definition) is 0. The van der Waals surface area contributed by atoms with Crippen LogP contribution in [-0.4, -0.2) is 40.8 Å². The molecule has 4 heteroatoms. The van der Waals surface area contributed by atoms with E-state index in [-0.39, 0.29) is 11.7 Å². The first kappa shape index (κ1) is 14.6. The topological polar surface area (TPSA) is 25.2 Å². The molecule has 1 saturated heterocycles. The molecule has 106 valence electrons. The summed E-state index contributed by atoms with van der Waals surface area (Å²) in [5, 5.41) is 0. The predicted molar refractivity (Wildman–Crippen MR) is 79.3 cm³/mol. The minimum absolute atomic E-state index is 0.0316. The number of carbonyl (C=O) groups excluding carboxylic acids is 1. The lowest BCUT2D eigenvalue weighted by Gasteiger charge is -2.34. The molecule has 3 nitrogen and oxygen atoms in total. The van der Waals surface area contributed by atoms with Crippen LogP contribution >= 0.6 is 11.6 Å². The molecule has 1 aromatic heterocycles. The van der Waals surface area contributed by atoms with E-state index in [0.29, 0.717) is 6.04 Å². The molecular formula is C15H23ClN2O. The standard InChI is InChI=1S/C15H23ClN2O/c1-4-17-7-5-6-13(10-17)18-11(2)8-14(12(18)3)15(19)9-16/h8,13H,4-7,9-10H2,1-3H3. The average molecular weight is 283 g/mol. The van der Waals surface area contributed by atoms with Crippen molar-refractivity contribution in [1.29, 1.82) is 0 Å². The highest BCUT2D eigenvalue weighted by Gasteiger charge is 2.24. The van der Waals surface area contributed by atoms with Crippen LogP contribution in [0.15, 0.2) is 6.07 Å². The normalized spacial score (nSPS) is 20.7. The maximum Gasteiger partial charge on any atom is 0.179 e. The Hall–Kier alpha value is -0.800. The highest BCUT2D eigenvalue weighted by atomic mass is 35.5.